The van der Waals surface area contributed by atoms with Crippen LogP contribution in [0.25, 0.3) is 11.1 Å². The van der Waals surface area contributed by atoms with E-state index in [0.717, 1.165) is 79.0 Å². The summed E-state index contributed by atoms with van der Waals surface area (Å²) in [7, 11) is 3.92. The molecule has 216 valence electrons. The predicted molar refractivity (Wildman–Crippen MR) is 158 cm³/mol. The quantitative estimate of drug-likeness (QED) is 0.451. The first kappa shape index (κ1) is 28.6. The Hall–Kier alpha value is -2.94. The second kappa shape index (κ2) is 11.9. The molecule has 1 aliphatic carbocycles. The molecule has 2 aliphatic heterocycles. The van der Waals surface area contributed by atoms with Crippen molar-refractivity contribution in [3.63, 3.8) is 0 Å². The van der Waals surface area contributed by atoms with Crippen molar-refractivity contribution in [2.75, 3.05) is 57.3 Å². The Morgan fingerprint density at radius 3 is 2.45 bits per heavy atom. The van der Waals surface area contributed by atoms with Gasteiger partial charge in [0.15, 0.2) is 0 Å². The van der Waals surface area contributed by atoms with Gasteiger partial charge in [0.25, 0.3) is 0 Å². The highest BCUT2D eigenvalue weighted by Gasteiger charge is 2.47. The van der Waals surface area contributed by atoms with E-state index in [0.29, 0.717) is 43.7 Å². The third-order valence-corrected chi connectivity index (χ3v) is 9.54. The molecule has 5 rings (SSSR count). The largest absolute Gasteiger partial charge is 0.478 e. The fourth-order valence-electron chi connectivity index (χ4n) is 7.06. The van der Waals surface area contributed by atoms with Crippen molar-refractivity contribution in [2.24, 2.45) is 0 Å². The van der Waals surface area contributed by atoms with Crippen molar-refractivity contribution >= 4 is 23.3 Å². The summed E-state index contributed by atoms with van der Waals surface area (Å²) in [5.74, 6) is -0.879. The van der Waals surface area contributed by atoms with Crippen LogP contribution in [0.5, 0.6) is 0 Å². The summed E-state index contributed by atoms with van der Waals surface area (Å²) in [4.78, 5) is 30.2. The van der Waals surface area contributed by atoms with E-state index >= 15 is 0 Å². The molecule has 2 N–H and O–H groups in total. The van der Waals surface area contributed by atoms with Gasteiger partial charge in [0.05, 0.1) is 17.6 Å². The van der Waals surface area contributed by atoms with Crippen LogP contribution in [-0.4, -0.2) is 81.0 Å². The second-order valence-corrected chi connectivity index (χ2v) is 11.6. The van der Waals surface area contributed by atoms with E-state index in [1.165, 1.54) is 0 Å². The zero-order chi connectivity index (χ0) is 28.4. The van der Waals surface area contributed by atoms with Crippen LogP contribution in [0.2, 0.25) is 0 Å². The first-order chi connectivity index (χ1) is 19.3. The van der Waals surface area contributed by atoms with Crippen LogP contribution >= 0.6 is 0 Å². The Labute approximate surface area is 237 Å². The predicted octanol–water partition coefficient (Wildman–Crippen LogP) is 5.08. The van der Waals surface area contributed by atoms with E-state index < -0.39 is 11.4 Å². The highest BCUT2D eigenvalue weighted by molar-refractivity contribution is 6.07. The molecule has 0 bridgehead atoms. The third kappa shape index (κ3) is 5.24. The molecule has 0 aromatic heterocycles. The van der Waals surface area contributed by atoms with Crippen molar-refractivity contribution in [1.29, 1.82) is 0 Å². The topological polar surface area (TPSA) is 91.3 Å². The monoisotopic (exact) mass is 549 g/mol. The van der Waals surface area contributed by atoms with Crippen LogP contribution in [0.4, 0.5) is 11.4 Å². The molecule has 2 aromatic rings. The molecule has 0 atom stereocenters. The van der Waals surface area contributed by atoms with Gasteiger partial charge in [0, 0.05) is 56.9 Å². The van der Waals surface area contributed by atoms with Gasteiger partial charge >= 0.3 is 5.97 Å². The minimum absolute atomic E-state index is 0.0411. The molecular formula is C32H43N3O5. The van der Waals surface area contributed by atoms with Gasteiger partial charge in [-0.25, -0.2) is 4.79 Å². The van der Waals surface area contributed by atoms with Crippen LogP contribution in [0, 0.1) is 6.92 Å². The molecule has 1 saturated carbocycles. The summed E-state index contributed by atoms with van der Waals surface area (Å²) >= 11 is 0. The average Bonchev–Trinajstić information content (AvgIpc) is 3.22. The van der Waals surface area contributed by atoms with Gasteiger partial charge < -0.3 is 29.7 Å². The number of nitrogens with zero attached hydrogens (tertiary/aromatic N) is 2. The molecule has 0 radical (unpaired) electrons. The molecule has 1 amide bonds. The van der Waals surface area contributed by atoms with Gasteiger partial charge in [0.2, 0.25) is 5.91 Å². The summed E-state index contributed by atoms with van der Waals surface area (Å²) in [5.41, 5.74) is 5.20. The molecular weight excluding hydrogens is 506 g/mol. The number of hydrogen-bond acceptors (Lipinski definition) is 6. The number of hydrogen-bond donors (Lipinski definition) is 2. The number of carbonyl (C=O) groups excluding carboxylic acids is 1. The smallest absolute Gasteiger partial charge is 0.336 e. The van der Waals surface area contributed by atoms with Crippen LogP contribution in [0.3, 0.4) is 0 Å². The maximum atomic E-state index is 13.1. The van der Waals surface area contributed by atoms with Crippen LogP contribution in [0.1, 0.15) is 66.9 Å². The molecule has 1 spiro atoms. The van der Waals surface area contributed by atoms with Crippen molar-refractivity contribution in [1.82, 2.24) is 4.90 Å². The molecule has 2 aromatic carbocycles. The number of fused-ring (bicyclic) bond motifs is 2. The normalized spacial score (nSPS) is 21.9. The molecule has 2 heterocycles. The lowest BCUT2D eigenvalue weighted by molar-refractivity contribution is -0.124. The lowest BCUT2D eigenvalue weighted by atomic mass is 9.75. The number of methoxy groups -OCH3 is 1. The molecule has 8 heteroatoms. The van der Waals surface area contributed by atoms with Crippen molar-refractivity contribution < 1.29 is 24.2 Å². The van der Waals surface area contributed by atoms with Gasteiger partial charge in [-0.3, -0.25) is 4.79 Å². The van der Waals surface area contributed by atoms with Crippen LogP contribution in [0.15, 0.2) is 30.3 Å². The standard InChI is InChI=1S/C32H43N3O5/c1-5-35(25-9-7-24(8-10-25)34(3)14-17-39-4)29-20-23(18-26(21(29)2)30(36)37)22-6-11-27-28(19-22)33-31(38)32(27)12-15-40-16-13-32/h6,11,18-20,24-25H,5,7-10,12-17H2,1-4H3,(H,33,38)(H,36,37). The van der Waals surface area contributed by atoms with Crippen LogP contribution < -0.4 is 10.2 Å². The van der Waals surface area contributed by atoms with E-state index in [4.69, 9.17) is 9.47 Å². The maximum Gasteiger partial charge on any atom is 0.336 e. The van der Waals surface area contributed by atoms with E-state index in [1.54, 1.807) is 13.2 Å². The zero-order valence-corrected chi connectivity index (χ0v) is 24.3. The fraction of sp³-hybridized carbons (Fsp3) is 0.562. The van der Waals surface area contributed by atoms with Gasteiger partial charge in [-0.15, -0.1) is 0 Å². The Morgan fingerprint density at radius 1 is 1.10 bits per heavy atom. The Morgan fingerprint density at radius 2 is 1.80 bits per heavy atom. The number of nitrogens with one attached hydrogen (secondary N) is 1. The lowest BCUT2D eigenvalue weighted by Gasteiger charge is -2.41. The minimum atomic E-state index is -0.921. The summed E-state index contributed by atoms with van der Waals surface area (Å²) in [6, 6.07) is 10.9. The number of anilines is 2. The number of carboxylic acid groups (broad SMARTS) is 1. The summed E-state index contributed by atoms with van der Waals surface area (Å²) < 4.78 is 10.8. The second-order valence-electron chi connectivity index (χ2n) is 11.6. The highest BCUT2D eigenvalue weighted by Crippen LogP contribution is 2.46. The first-order valence-electron chi connectivity index (χ1n) is 14.7. The number of likely N-dealkylation sites (N-methyl/N-ethyl adjacent to an activating group) is 1. The molecule has 1 saturated heterocycles. The van der Waals surface area contributed by atoms with Gasteiger partial charge in [-0.05, 0) is 99.9 Å². The number of carbonyl (C=O) groups is 2. The SMILES string of the molecule is CCN(c1cc(-c2ccc3c(c2)NC(=O)C32CCOCC2)cc(C(=O)O)c1C)C1CCC(N(C)CCOC)CC1. The van der Waals surface area contributed by atoms with Crippen molar-refractivity contribution in [3.8, 4) is 11.1 Å². The van der Waals surface area contributed by atoms with E-state index in [-0.39, 0.29) is 5.91 Å². The number of carboxylic acids is 1. The molecule has 3 aliphatic rings. The maximum absolute atomic E-state index is 13.1. The summed E-state index contributed by atoms with van der Waals surface area (Å²) in [6.07, 6.45) is 5.72. The van der Waals surface area contributed by atoms with E-state index in [2.05, 4.69) is 35.2 Å². The number of ether oxygens (including phenoxy) is 2. The number of benzene rings is 2. The Bertz CT molecular complexity index is 1250. The molecule has 8 nitrogen and oxygen atoms in total. The number of rotatable bonds is 9. The van der Waals surface area contributed by atoms with Crippen LogP contribution in [-0.2, 0) is 19.7 Å². The average molecular weight is 550 g/mol. The minimum Gasteiger partial charge on any atom is -0.478 e. The fourth-order valence-corrected chi connectivity index (χ4v) is 7.06. The van der Waals surface area contributed by atoms with E-state index in [9.17, 15) is 14.7 Å². The third-order valence-electron chi connectivity index (χ3n) is 9.54. The van der Waals surface area contributed by atoms with E-state index in [1.807, 2.05) is 25.1 Å². The molecule has 40 heavy (non-hydrogen) atoms. The van der Waals surface area contributed by atoms with Gasteiger partial charge in [-0.2, -0.15) is 0 Å². The number of aromatic carboxylic acids is 1. The highest BCUT2D eigenvalue weighted by atomic mass is 16.5. The first-order valence-corrected chi connectivity index (χ1v) is 14.7. The lowest BCUT2D eigenvalue weighted by Crippen LogP contribution is -2.44. The molecule has 0 unspecified atom stereocenters. The summed E-state index contributed by atoms with van der Waals surface area (Å²) in [5, 5.41) is 13.3. The Kier molecular flexibility index (Phi) is 8.50. The van der Waals surface area contributed by atoms with Crippen molar-refractivity contribution in [3.05, 3.63) is 47.0 Å². The molecule has 2 fully saturated rings. The zero-order valence-electron chi connectivity index (χ0n) is 24.3. The number of amides is 1. The van der Waals surface area contributed by atoms with Gasteiger partial charge in [0.1, 0.15) is 0 Å². The summed E-state index contributed by atoms with van der Waals surface area (Å²) in [6.45, 7) is 7.72. The van der Waals surface area contributed by atoms with Crippen molar-refractivity contribution in [2.45, 2.75) is 69.9 Å². The Balaban J connectivity index is 1.44. The van der Waals surface area contributed by atoms with Gasteiger partial charge in [-0.1, -0.05) is 12.1 Å².